The minimum absolute atomic E-state index is 1.01. The summed E-state index contributed by atoms with van der Waals surface area (Å²) in [5.41, 5.74) is 4.02. The van der Waals surface area contributed by atoms with E-state index in [9.17, 15) is 0 Å². The number of fused-ring (bicyclic) bond motifs is 3. The fourth-order valence-electron chi connectivity index (χ4n) is 2.17. The third-order valence-electron chi connectivity index (χ3n) is 2.94. The molecule has 1 aromatic heterocycles. The van der Waals surface area contributed by atoms with E-state index in [1.54, 1.807) is 27.8 Å². The third-order valence-corrected chi connectivity index (χ3v) is 6.12. The van der Waals surface area contributed by atoms with Crippen LogP contribution >= 0.6 is 32.9 Å². The minimum Gasteiger partial charge on any atom is -0.496 e. The Morgan fingerprint density at radius 3 is 2.81 bits per heavy atom. The number of ether oxygens (including phenoxy) is 1. The highest BCUT2D eigenvalue weighted by Crippen LogP contribution is 2.43. The van der Waals surface area contributed by atoms with Gasteiger partial charge < -0.3 is 4.74 Å². The second-order valence-electron chi connectivity index (χ2n) is 3.75. The smallest absolute Gasteiger partial charge is 0.122 e. The predicted octanol–water partition coefficient (Wildman–Crippen LogP) is 4.31. The van der Waals surface area contributed by atoms with E-state index < -0.39 is 0 Å². The molecule has 0 unspecified atom stereocenters. The summed E-state index contributed by atoms with van der Waals surface area (Å²) in [6, 6.07) is 6.27. The Balaban J connectivity index is 2.29. The average Bonchev–Trinajstić information content (AvgIpc) is 2.70. The van der Waals surface area contributed by atoms with Gasteiger partial charge in [-0.05, 0) is 24.5 Å². The van der Waals surface area contributed by atoms with Crippen LogP contribution in [0.15, 0.2) is 18.2 Å². The molecule has 0 spiro atoms. The Bertz CT molecular complexity index is 595. The predicted molar refractivity (Wildman–Crippen MR) is 72.4 cm³/mol. The maximum atomic E-state index is 5.42. The van der Waals surface area contributed by atoms with Crippen molar-refractivity contribution >= 4 is 32.9 Å². The molecule has 3 rings (SSSR count). The lowest BCUT2D eigenvalue weighted by Gasteiger charge is -2.18. The van der Waals surface area contributed by atoms with E-state index in [0.29, 0.717) is 0 Å². The Labute approximate surface area is 107 Å². The third kappa shape index (κ3) is 1.44. The van der Waals surface area contributed by atoms with Crippen LogP contribution in [0.1, 0.15) is 11.1 Å². The van der Waals surface area contributed by atoms with Crippen molar-refractivity contribution in [3.63, 3.8) is 0 Å². The van der Waals surface area contributed by atoms with E-state index in [1.165, 1.54) is 21.6 Å². The Hall–Kier alpha value is -0.710. The molecule has 0 saturated heterocycles. The highest BCUT2D eigenvalue weighted by molar-refractivity contribution is 7.80. The molecule has 16 heavy (non-hydrogen) atoms. The molecule has 0 saturated carbocycles. The largest absolute Gasteiger partial charge is 0.496 e. The highest BCUT2D eigenvalue weighted by Gasteiger charge is 2.21. The van der Waals surface area contributed by atoms with E-state index in [4.69, 9.17) is 17.0 Å². The van der Waals surface area contributed by atoms with Crippen LogP contribution in [-0.4, -0.2) is 7.11 Å². The van der Waals surface area contributed by atoms with Gasteiger partial charge in [-0.1, -0.05) is 45.0 Å². The topological polar surface area (TPSA) is 9.23 Å². The van der Waals surface area contributed by atoms with Crippen molar-refractivity contribution in [2.45, 2.75) is 12.8 Å². The molecule has 2 aromatic rings. The lowest BCUT2D eigenvalue weighted by atomic mass is 9.91. The quantitative estimate of drug-likeness (QED) is 0.562. The van der Waals surface area contributed by atoms with Crippen molar-refractivity contribution in [3.05, 3.63) is 33.1 Å². The van der Waals surface area contributed by atoms with Gasteiger partial charge in [0.2, 0.25) is 0 Å². The Kier molecular flexibility index (Phi) is 2.58. The molecular weight excluding hydrogens is 256 g/mol. The molecule has 0 atom stereocenters. The van der Waals surface area contributed by atoms with Crippen LogP contribution in [0, 0.1) is 3.82 Å². The van der Waals surface area contributed by atoms with Gasteiger partial charge in [0, 0.05) is 11.1 Å². The standard InChI is InChI=1S/C12H10OS3/c1-13-10-4-2-3-8-7(10)5-6-9-11(8)15-16-12(9)14/h2-4H,5-6H2,1H3. The molecule has 0 bridgehead atoms. The van der Waals surface area contributed by atoms with Crippen molar-refractivity contribution in [2.24, 2.45) is 0 Å². The molecule has 1 nitrogen and oxygen atoms in total. The minimum atomic E-state index is 1.01. The van der Waals surface area contributed by atoms with Crippen molar-refractivity contribution < 1.29 is 4.74 Å². The fourth-order valence-corrected chi connectivity index (χ4v) is 5.21. The number of hydrogen-bond acceptors (Lipinski definition) is 4. The van der Waals surface area contributed by atoms with Gasteiger partial charge in [0.1, 0.15) is 9.57 Å². The average molecular weight is 266 g/mol. The van der Waals surface area contributed by atoms with Crippen LogP contribution in [0.2, 0.25) is 0 Å². The molecule has 1 aliphatic rings. The van der Waals surface area contributed by atoms with Crippen LogP contribution in [0.25, 0.3) is 10.4 Å². The van der Waals surface area contributed by atoms with Gasteiger partial charge in [-0.15, -0.1) is 0 Å². The van der Waals surface area contributed by atoms with Gasteiger partial charge in [0.25, 0.3) is 0 Å². The van der Waals surface area contributed by atoms with Crippen LogP contribution in [0.3, 0.4) is 0 Å². The van der Waals surface area contributed by atoms with Crippen molar-refractivity contribution in [2.75, 3.05) is 7.11 Å². The highest BCUT2D eigenvalue weighted by atomic mass is 32.9. The number of methoxy groups -OCH3 is 1. The monoisotopic (exact) mass is 266 g/mol. The zero-order valence-corrected chi connectivity index (χ0v) is 11.2. The number of rotatable bonds is 1. The van der Waals surface area contributed by atoms with Crippen molar-refractivity contribution in [1.29, 1.82) is 0 Å². The Morgan fingerprint density at radius 2 is 2.00 bits per heavy atom. The molecule has 1 aromatic carbocycles. The Morgan fingerprint density at radius 1 is 1.19 bits per heavy atom. The lowest BCUT2D eigenvalue weighted by Crippen LogP contribution is -2.03. The lowest BCUT2D eigenvalue weighted by molar-refractivity contribution is 0.409. The summed E-state index contributed by atoms with van der Waals surface area (Å²) < 4.78 is 6.48. The molecule has 0 N–H and O–H groups in total. The molecule has 4 heteroatoms. The van der Waals surface area contributed by atoms with Gasteiger partial charge >= 0.3 is 0 Å². The zero-order valence-electron chi connectivity index (χ0n) is 8.78. The first kappa shape index (κ1) is 10.4. The molecule has 0 radical (unpaired) electrons. The summed E-state index contributed by atoms with van der Waals surface area (Å²) in [5.74, 6) is 1.01. The van der Waals surface area contributed by atoms with Gasteiger partial charge in [-0.3, -0.25) is 0 Å². The van der Waals surface area contributed by atoms with Crippen molar-refractivity contribution in [3.8, 4) is 16.2 Å². The fraction of sp³-hybridized carbons (Fsp3) is 0.250. The van der Waals surface area contributed by atoms with E-state index >= 15 is 0 Å². The van der Waals surface area contributed by atoms with E-state index in [0.717, 1.165) is 22.4 Å². The second-order valence-corrected chi connectivity index (χ2v) is 6.56. The first-order valence-corrected chi connectivity index (χ1v) is 7.65. The first-order valence-electron chi connectivity index (χ1n) is 5.09. The second kappa shape index (κ2) is 3.95. The summed E-state index contributed by atoms with van der Waals surface area (Å²) in [4.78, 5) is 1.36. The molecular formula is C12H10OS3. The van der Waals surface area contributed by atoms with Crippen LogP contribution in [0.4, 0.5) is 0 Å². The van der Waals surface area contributed by atoms with Gasteiger partial charge in [0.05, 0.1) is 12.0 Å². The SMILES string of the molecule is COc1cccc2c1CCc1c-2ssc1=S. The van der Waals surface area contributed by atoms with Gasteiger partial charge in [-0.25, -0.2) is 0 Å². The summed E-state index contributed by atoms with van der Waals surface area (Å²) >= 11 is 5.36. The van der Waals surface area contributed by atoms with Crippen LogP contribution < -0.4 is 4.74 Å². The van der Waals surface area contributed by atoms with Gasteiger partial charge in [-0.2, -0.15) is 0 Å². The summed E-state index contributed by atoms with van der Waals surface area (Å²) in [7, 11) is 5.25. The van der Waals surface area contributed by atoms with Gasteiger partial charge in [0.15, 0.2) is 0 Å². The van der Waals surface area contributed by atoms with E-state index in [-0.39, 0.29) is 0 Å². The maximum Gasteiger partial charge on any atom is 0.122 e. The number of hydrogen-bond donors (Lipinski definition) is 0. The normalized spacial score (nSPS) is 13.1. The summed E-state index contributed by atoms with van der Waals surface area (Å²) in [6.45, 7) is 0. The van der Waals surface area contributed by atoms with E-state index in [1.807, 2.05) is 6.07 Å². The molecule has 0 aliphatic heterocycles. The van der Waals surface area contributed by atoms with Crippen LogP contribution in [0.5, 0.6) is 5.75 Å². The summed E-state index contributed by atoms with van der Waals surface area (Å²) in [6.07, 6.45) is 2.10. The number of benzene rings is 1. The van der Waals surface area contributed by atoms with Crippen molar-refractivity contribution in [1.82, 2.24) is 0 Å². The molecule has 0 fully saturated rings. The first-order chi connectivity index (χ1) is 7.81. The summed E-state index contributed by atoms with van der Waals surface area (Å²) in [5, 5.41) is 0. The molecule has 82 valence electrons. The molecule has 0 amide bonds. The van der Waals surface area contributed by atoms with Crippen LogP contribution in [-0.2, 0) is 12.8 Å². The zero-order chi connectivity index (χ0) is 11.1. The maximum absolute atomic E-state index is 5.42. The molecule has 1 heterocycles. The van der Waals surface area contributed by atoms with E-state index in [2.05, 4.69) is 12.1 Å². The molecule has 1 aliphatic carbocycles.